The van der Waals surface area contributed by atoms with Crippen LogP contribution < -0.4 is 16.0 Å². The van der Waals surface area contributed by atoms with E-state index in [1.54, 1.807) is 26.4 Å². The molecule has 0 unspecified atom stereocenters. The number of rotatable bonds is 11. The van der Waals surface area contributed by atoms with Crippen molar-refractivity contribution in [3.63, 3.8) is 0 Å². The predicted octanol–water partition coefficient (Wildman–Crippen LogP) is 7.25. The third-order valence-electron chi connectivity index (χ3n) is 8.30. The predicted molar refractivity (Wildman–Crippen MR) is 178 cm³/mol. The van der Waals surface area contributed by atoms with Crippen LogP contribution in [-0.4, -0.2) is 52.8 Å². The lowest BCUT2D eigenvalue weighted by Gasteiger charge is -2.24. The third kappa shape index (κ3) is 8.18. The topological polar surface area (TPSA) is 115 Å². The fourth-order valence-corrected chi connectivity index (χ4v) is 5.86. The maximum Gasteiger partial charge on any atom is 0.153 e. The normalized spacial score (nSPS) is 20.9. The number of hydrogen-bond donors (Lipinski definition) is 4. The molecule has 11 heteroatoms. The highest BCUT2D eigenvalue weighted by atomic mass is 32.2. The van der Waals surface area contributed by atoms with Crippen LogP contribution >= 0.6 is 11.8 Å². The van der Waals surface area contributed by atoms with Gasteiger partial charge in [-0.25, -0.2) is 13.8 Å². The number of amidine groups is 1. The van der Waals surface area contributed by atoms with Crippen LogP contribution in [-0.2, 0) is 0 Å². The van der Waals surface area contributed by atoms with E-state index in [0.29, 0.717) is 22.4 Å². The Morgan fingerprint density at radius 1 is 1.16 bits per heavy atom. The number of aliphatic imine (C=N–C) groups is 2. The van der Waals surface area contributed by atoms with E-state index in [1.165, 1.54) is 28.8 Å². The highest BCUT2D eigenvalue weighted by molar-refractivity contribution is 7.98. The molecule has 0 spiro atoms. The van der Waals surface area contributed by atoms with Crippen LogP contribution in [0.3, 0.4) is 0 Å². The number of aromatic nitrogens is 2. The molecule has 8 nitrogen and oxygen atoms in total. The van der Waals surface area contributed by atoms with Gasteiger partial charge in [0.05, 0.1) is 12.1 Å². The summed E-state index contributed by atoms with van der Waals surface area (Å²) in [5, 5.41) is 20.7. The first-order chi connectivity index (χ1) is 21.1. The second kappa shape index (κ2) is 15.0. The standard InChI is InChI=1S/C33H45F2N7OS/c1-7-19(2)30(23(17-36)18-37-24-10-12-25(43)13-11-24)31(22-8-9-22)33(39-29-14-20(3)40-41-29)38-21(4)42(5)32-27(34)15-26(44-6)16-28(32)35/h14-18,22,24-25,43H,7-13,36H2,1-6H3,(H2,39,40,41)/b23-17+,30-19+,33-31+,37-18?,38-21+. The molecule has 44 heavy (non-hydrogen) atoms. The van der Waals surface area contributed by atoms with Crippen LogP contribution in [0.25, 0.3) is 0 Å². The van der Waals surface area contributed by atoms with Crippen molar-refractivity contribution in [1.82, 2.24) is 10.2 Å². The van der Waals surface area contributed by atoms with Gasteiger partial charge in [-0.3, -0.25) is 10.1 Å². The number of thioether (sulfide) groups is 1. The van der Waals surface area contributed by atoms with E-state index in [4.69, 9.17) is 15.7 Å². The van der Waals surface area contributed by atoms with Crippen molar-refractivity contribution in [3.05, 3.63) is 69.8 Å². The van der Waals surface area contributed by atoms with E-state index >= 15 is 8.78 Å². The molecular formula is C33H45F2N7OS. The number of allylic oxidation sites excluding steroid dienone is 4. The lowest BCUT2D eigenvalue weighted by Crippen LogP contribution is -2.26. The molecular weight excluding hydrogens is 580 g/mol. The van der Waals surface area contributed by atoms with Gasteiger partial charge in [-0.05, 0) is 95.6 Å². The number of nitrogens with two attached hydrogens (primary N) is 1. The van der Waals surface area contributed by atoms with Crippen molar-refractivity contribution in [3.8, 4) is 0 Å². The van der Waals surface area contributed by atoms with Gasteiger partial charge in [0.15, 0.2) is 17.5 Å². The second-order valence-electron chi connectivity index (χ2n) is 11.6. The fraction of sp³-hybridized carbons (Fsp3) is 0.485. The summed E-state index contributed by atoms with van der Waals surface area (Å²) in [6.45, 7) is 7.84. The maximum absolute atomic E-state index is 15.1. The number of aliphatic hydroxyl groups is 1. The molecule has 0 radical (unpaired) electrons. The minimum Gasteiger partial charge on any atom is -0.404 e. The van der Waals surface area contributed by atoms with E-state index in [2.05, 4.69) is 29.4 Å². The molecule has 0 atom stereocenters. The van der Waals surface area contributed by atoms with Crippen molar-refractivity contribution in [2.75, 3.05) is 23.5 Å². The molecule has 1 aromatic heterocycles. The number of aliphatic hydroxyl groups excluding tert-OH is 1. The van der Waals surface area contributed by atoms with Gasteiger partial charge in [0.25, 0.3) is 0 Å². The molecule has 0 amide bonds. The minimum atomic E-state index is -0.655. The smallest absolute Gasteiger partial charge is 0.153 e. The highest BCUT2D eigenvalue weighted by Gasteiger charge is 2.34. The summed E-state index contributed by atoms with van der Waals surface area (Å²) in [6, 6.07) is 4.68. The molecule has 4 rings (SSSR count). The Morgan fingerprint density at radius 3 is 2.34 bits per heavy atom. The van der Waals surface area contributed by atoms with Crippen LogP contribution in [0.2, 0.25) is 0 Å². The van der Waals surface area contributed by atoms with Gasteiger partial charge >= 0.3 is 0 Å². The Morgan fingerprint density at radius 2 is 1.82 bits per heavy atom. The van der Waals surface area contributed by atoms with Crippen LogP contribution in [0.4, 0.5) is 20.3 Å². The second-order valence-corrected chi connectivity index (χ2v) is 12.5. The number of H-pyrrole nitrogens is 1. The van der Waals surface area contributed by atoms with Gasteiger partial charge < -0.3 is 21.1 Å². The van der Waals surface area contributed by atoms with Gasteiger partial charge in [-0.1, -0.05) is 12.5 Å². The Balaban J connectivity index is 1.84. The van der Waals surface area contributed by atoms with E-state index in [1.807, 2.05) is 19.2 Å². The number of hydrogen-bond acceptors (Lipinski definition) is 7. The van der Waals surface area contributed by atoms with Crippen molar-refractivity contribution in [2.24, 2.45) is 21.6 Å². The zero-order valence-corrected chi connectivity index (χ0v) is 27.4. The first-order valence-electron chi connectivity index (χ1n) is 15.2. The number of benzene rings is 1. The van der Waals surface area contributed by atoms with Crippen molar-refractivity contribution >= 4 is 35.3 Å². The van der Waals surface area contributed by atoms with Crippen LogP contribution in [0.15, 0.2) is 67.4 Å². The number of halogens is 2. The lowest BCUT2D eigenvalue weighted by molar-refractivity contribution is 0.123. The average Bonchev–Trinajstić information content (AvgIpc) is 3.76. The van der Waals surface area contributed by atoms with Crippen molar-refractivity contribution in [1.29, 1.82) is 0 Å². The fourth-order valence-electron chi connectivity index (χ4n) is 5.42. The summed E-state index contributed by atoms with van der Waals surface area (Å²) >= 11 is 1.28. The largest absolute Gasteiger partial charge is 0.404 e. The Labute approximate surface area is 263 Å². The molecule has 2 saturated carbocycles. The number of aromatic amines is 1. The Hall–Kier alpha value is -3.44. The number of aryl methyl sites for hydroxylation is 1. The summed E-state index contributed by atoms with van der Waals surface area (Å²) in [7, 11) is 1.61. The highest BCUT2D eigenvalue weighted by Crippen LogP contribution is 2.45. The summed E-state index contributed by atoms with van der Waals surface area (Å²) in [4.78, 5) is 11.8. The van der Waals surface area contributed by atoms with E-state index < -0.39 is 11.6 Å². The lowest BCUT2D eigenvalue weighted by atomic mass is 9.89. The summed E-state index contributed by atoms with van der Waals surface area (Å²) in [5.74, 6) is 0.418. The molecule has 0 aliphatic heterocycles. The molecule has 0 saturated heterocycles. The molecule has 2 aliphatic rings. The summed E-state index contributed by atoms with van der Waals surface area (Å²) in [5.41, 5.74) is 10.8. The van der Waals surface area contributed by atoms with Crippen molar-refractivity contribution < 1.29 is 13.9 Å². The molecule has 2 aliphatic carbocycles. The quantitative estimate of drug-likeness (QED) is 0.0905. The zero-order valence-electron chi connectivity index (χ0n) is 26.5. The molecule has 1 aromatic carbocycles. The van der Waals surface area contributed by atoms with Gasteiger partial charge in [-0.2, -0.15) is 5.10 Å². The average molecular weight is 626 g/mol. The van der Waals surface area contributed by atoms with Gasteiger partial charge in [0, 0.05) is 47.3 Å². The molecule has 1 heterocycles. The van der Waals surface area contributed by atoms with Crippen LogP contribution in [0.5, 0.6) is 0 Å². The molecule has 0 bridgehead atoms. The number of anilines is 2. The minimum absolute atomic E-state index is 0.130. The van der Waals surface area contributed by atoms with E-state index in [0.717, 1.165) is 72.9 Å². The number of nitrogens with zero attached hydrogens (tertiary/aromatic N) is 4. The molecule has 2 aromatic rings. The maximum atomic E-state index is 15.1. The van der Waals surface area contributed by atoms with E-state index in [9.17, 15) is 5.11 Å². The summed E-state index contributed by atoms with van der Waals surface area (Å²) in [6.07, 6.45) is 10.9. The monoisotopic (exact) mass is 625 g/mol. The van der Waals surface area contributed by atoms with Crippen LogP contribution in [0.1, 0.15) is 71.4 Å². The Kier molecular flexibility index (Phi) is 11.4. The van der Waals surface area contributed by atoms with Gasteiger partial charge in [-0.15, -0.1) is 11.8 Å². The van der Waals surface area contributed by atoms with Crippen LogP contribution in [0, 0.1) is 24.5 Å². The van der Waals surface area contributed by atoms with Crippen molar-refractivity contribution in [2.45, 2.75) is 89.7 Å². The molecule has 2 fully saturated rings. The first kappa shape index (κ1) is 33.5. The Bertz CT molecular complexity index is 1460. The first-order valence-corrected chi connectivity index (χ1v) is 16.5. The third-order valence-corrected chi connectivity index (χ3v) is 9.01. The SMILES string of the molecule is CC/C(C)=C(C(\C=NC1CCC(O)CC1)=C\N)/C(=C(\N=C(/C)N(C)c1c(F)cc(SC)cc1F)Nc1cc(C)[nH]n1)C1CC1. The van der Waals surface area contributed by atoms with E-state index in [-0.39, 0.29) is 23.8 Å². The van der Waals surface area contributed by atoms with Gasteiger partial charge in [0.2, 0.25) is 0 Å². The molecule has 238 valence electrons. The van der Waals surface area contributed by atoms with Gasteiger partial charge in [0.1, 0.15) is 17.3 Å². The summed E-state index contributed by atoms with van der Waals surface area (Å²) < 4.78 is 30.3. The zero-order chi connectivity index (χ0) is 32.0. The number of nitrogens with one attached hydrogen (secondary N) is 2. The molecule has 5 N–H and O–H groups in total.